The molecule has 1 aromatic heterocycles. The fourth-order valence-corrected chi connectivity index (χ4v) is 3.73. The molecule has 1 atom stereocenters. The third-order valence-electron chi connectivity index (χ3n) is 5.13. The summed E-state index contributed by atoms with van der Waals surface area (Å²) in [7, 11) is 1.97. The zero-order chi connectivity index (χ0) is 17.3. The van der Waals surface area contributed by atoms with Crippen LogP contribution in [0.2, 0.25) is 0 Å². The van der Waals surface area contributed by atoms with Gasteiger partial charge in [-0.05, 0) is 58.4 Å². The minimum atomic E-state index is 0.155. The van der Waals surface area contributed by atoms with Crippen LogP contribution < -0.4 is 5.32 Å². The van der Waals surface area contributed by atoms with Crippen LogP contribution in [0.1, 0.15) is 40.2 Å². The van der Waals surface area contributed by atoms with E-state index in [1.54, 1.807) is 0 Å². The molecule has 1 unspecified atom stereocenters. The maximum atomic E-state index is 13.0. The standard InChI is InChI=1S/C20H27N3O/c1-14-8-5-6-10-19(14)23-15(2)12-18(16(23)3)20(24)22-11-7-9-17(13-22)21-4/h5-6,8,10,12,17,21H,7,9,11,13H2,1-4H3. The van der Waals surface area contributed by atoms with E-state index in [1.165, 1.54) is 5.56 Å². The molecule has 0 aliphatic carbocycles. The quantitative estimate of drug-likeness (QED) is 0.941. The summed E-state index contributed by atoms with van der Waals surface area (Å²) in [6.07, 6.45) is 2.20. The molecule has 4 nitrogen and oxygen atoms in total. The number of rotatable bonds is 3. The van der Waals surface area contributed by atoms with Gasteiger partial charge in [0.05, 0.1) is 5.56 Å². The SMILES string of the molecule is CNC1CCCN(C(=O)c2cc(C)n(-c3ccccc3C)c2C)C1. The highest BCUT2D eigenvalue weighted by atomic mass is 16.2. The fraction of sp³-hybridized carbons (Fsp3) is 0.450. The molecule has 0 bridgehead atoms. The average molecular weight is 325 g/mol. The van der Waals surface area contributed by atoms with Crippen molar-refractivity contribution in [2.24, 2.45) is 0 Å². The van der Waals surface area contributed by atoms with E-state index in [0.717, 1.165) is 48.6 Å². The average Bonchev–Trinajstić information content (AvgIpc) is 2.89. The molecular weight excluding hydrogens is 298 g/mol. The third kappa shape index (κ3) is 2.98. The van der Waals surface area contributed by atoms with Crippen LogP contribution in [0.3, 0.4) is 0 Å². The Labute approximate surface area is 144 Å². The van der Waals surface area contributed by atoms with Crippen LogP contribution >= 0.6 is 0 Å². The number of aryl methyl sites for hydroxylation is 2. The van der Waals surface area contributed by atoms with Gasteiger partial charge >= 0.3 is 0 Å². The lowest BCUT2D eigenvalue weighted by atomic mass is 10.0. The van der Waals surface area contributed by atoms with E-state index in [1.807, 2.05) is 37.1 Å². The summed E-state index contributed by atoms with van der Waals surface area (Å²) in [5, 5.41) is 3.31. The number of hydrogen-bond acceptors (Lipinski definition) is 2. The zero-order valence-corrected chi connectivity index (χ0v) is 15.1. The van der Waals surface area contributed by atoms with Crippen LogP contribution in [0.4, 0.5) is 0 Å². The van der Waals surface area contributed by atoms with Gasteiger partial charge in [0.25, 0.3) is 5.91 Å². The fourth-order valence-electron chi connectivity index (χ4n) is 3.73. The van der Waals surface area contributed by atoms with Gasteiger partial charge in [-0.1, -0.05) is 18.2 Å². The van der Waals surface area contributed by atoms with Crippen LogP contribution in [0.15, 0.2) is 30.3 Å². The maximum Gasteiger partial charge on any atom is 0.255 e. The Hall–Kier alpha value is -2.07. The number of amides is 1. The second-order valence-corrected chi connectivity index (χ2v) is 6.79. The van der Waals surface area contributed by atoms with Crippen molar-refractivity contribution in [3.63, 3.8) is 0 Å². The Morgan fingerprint density at radius 2 is 1.96 bits per heavy atom. The van der Waals surface area contributed by atoms with Crippen molar-refractivity contribution in [1.82, 2.24) is 14.8 Å². The van der Waals surface area contributed by atoms with Crippen molar-refractivity contribution in [1.29, 1.82) is 0 Å². The molecule has 3 rings (SSSR count). The van der Waals surface area contributed by atoms with Crippen LogP contribution in [0.5, 0.6) is 0 Å². The summed E-state index contributed by atoms with van der Waals surface area (Å²) in [6, 6.07) is 10.8. The molecule has 2 aromatic rings. The summed E-state index contributed by atoms with van der Waals surface area (Å²) in [4.78, 5) is 15.0. The Bertz CT molecular complexity index is 747. The number of nitrogens with one attached hydrogen (secondary N) is 1. The Balaban J connectivity index is 1.94. The molecule has 0 spiro atoms. The predicted octanol–water partition coefficient (Wildman–Crippen LogP) is 3.23. The minimum absolute atomic E-state index is 0.155. The Morgan fingerprint density at radius 1 is 1.21 bits per heavy atom. The molecule has 1 aliphatic rings. The first-order valence-corrected chi connectivity index (χ1v) is 8.74. The summed E-state index contributed by atoms with van der Waals surface area (Å²) < 4.78 is 2.20. The molecule has 2 heterocycles. The summed E-state index contributed by atoms with van der Waals surface area (Å²) in [6.45, 7) is 7.88. The predicted molar refractivity (Wildman–Crippen MR) is 98.0 cm³/mol. The number of para-hydroxylation sites is 1. The highest BCUT2D eigenvalue weighted by Gasteiger charge is 2.26. The van der Waals surface area contributed by atoms with E-state index in [9.17, 15) is 4.79 Å². The van der Waals surface area contributed by atoms with Gasteiger partial charge in [-0.3, -0.25) is 4.79 Å². The molecule has 1 N–H and O–H groups in total. The normalized spacial score (nSPS) is 18.0. The van der Waals surface area contributed by atoms with Gasteiger partial charge in [0.1, 0.15) is 0 Å². The van der Waals surface area contributed by atoms with Crippen LogP contribution in [0, 0.1) is 20.8 Å². The molecule has 1 aliphatic heterocycles. The van der Waals surface area contributed by atoms with Crippen molar-refractivity contribution >= 4 is 5.91 Å². The highest BCUT2D eigenvalue weighted by molar-refractivity contribution is 5.96. The van der Waals surface area contributed by atoms with Gasteiger partial charge in [-0.2, -0.15) is 0 Å². The second-order valence-electron chi connectivity index (χ2n) is 6.79. The minimum Gasteiger partial charge on any atom is -0.337 e. The maximum absolute atomic E-state index is 13.0. The highest BCUT2D eigenvalue weighted by Crippen LogP contribution is 2.25. The van der Waals surface area contributed by atoms with Crippen molar-refractivity contribution in [2.45, 2.75) is 39.7 Å². The number of likely N-dealkylation sites (N-methyl/N-ethyl adjacent to an activating group) is 1. The van der Waals surface area contributed by atoms with Gasteiger partial charge in [0, 0.05) is 36.2 Å². The first kappa shape index (κ1) is 16.8. The first-order chi connectivity index (χ1) is 11.5. The van der Waals surface area contributed by atoms with Crippen LogP contribution in [-0.2, 0) is 0 Å². The number of piperidine rings is 1. The van der Waals surface area contributed by atoms with E-state index in [4.69, 9.17) is 0 Å². The monoisotopic (exact) mass is 325 g/mol. The Morgan fingerprint density at radius 3 is 2.67 bits per heavy atom. The van der Waals surface area contributed by atoms with Gasteiger partial charge < -0.3 is 14.8 Å². The van der Waals surface area contributed by atoms with E-state index in [-0.39, 0.29) is 5.91 Å². The lowest BCUT2D eigenvalue weighted by Gasteiger charge is -2.32. The number of likely N-dealkylation sites (tertiary alicyclic amines) is 1. The molecule has 24 heavy (non-hydrogen) atoms. The smallest absolute Gasteiger partial charge is 0.255 e. The lowest BCUT2D eigenvalue weighted by Crippen LogP contribution is -2.47. The van der Waals surface area contributed by atoms with Crippen molar-refractivity contribution < 1.29 is 4.79 Å². The van der Waals surface area contributed by atoms with Gasteiger partial charge in [-0.15, -0.1) is 0 Å². The van der Waals surface area contributed by atoms with Crippen LogP contribution in [-0.4, -0.2) is 41.6 Å². The number of hydrogen-bond donors (Lipinski definition) is 1. The van der Waals surface area contributed by atoms with E-state index < -0.39 is 0 Å². The molecule has 0 saturated carbocycles. The number of carbonyl (C=O) groups is 1. The summed E-state index contributed by atoms with van der Waals surface area (Å²) in [5.74, 6) is 0.155. The molecule has 4 heteroatoms. The van der Waals surface area contributed by atoms with E-state index in [0.29, 0.717) is 6.04 Å². The molecule has 0 radical (unpaired) electrons. The van der Waals surface area contributed by atoms with Crippen molar-refractivity contribution in [2.75, 3.05) is 20.1 Å². The first-order valence-electron chi connectivity index (χ1n) is 8.74. The molecule has 128 valence electrons. The molecule has 1 fully saturated rings. The molecule has 1 amide bonds. The molecule has 1 aromatic carbocycles. The lowest BCUT2D eigenvalue weighted by molar-refractivity contribution is 0.0697. The third-order valence-corrected chi connectivity index (χ3v) is 5.13. The van der Waals surface area contributed by atoms with E-state index in [2.05, 4.69) is 35.9 Å². The van der Waals surface area contributed by atoms with Gasteiger partial charge in [0.15, 0.2) is 0 Å². The van der Waals surface area contributed by atoms with Crippen molar-refractivity contribution in [3.8, 4) is 5.69 Å². The van der Waals surface area contributed by atoms with Crippen molar-refractivity contribution in [3.05, 3.63) is 52.8 Å². The topological polar surface area (TPSA) is 37.3 Å². The number of aromatic nitrogens is 1. The Kier molecular flexibility index (Phi) is 4.76. The van der Waals surface area contributed by atoms with Gasteiger partial charge in [0.2, 0.25) is 0 Å². The molecule has 1 saturated heterocycles. The number of carbonyl (C=O) groups excluding carboxylic acids is 1. The summed E-state index contributed by atoms with van der Waals surface area (Å²) in [5.41, 5.74) is 5.32. The zero-order valence-electron chi connectivity index (χ0n) is 15.1. The number of benzene rings is 1. The second kappa shape index (κ2) is 6.81. The van der Waals surface area contributed by atoms with E-state index >= 15 is 0 Å². The largest absolute Gasteiger partial charge is 0.337 e. The van der Waals surface area contributed by atoms with Crippen LogP contribution in [0.25, 0.3) is 5.69 Å². The van der Waals surface area contributed by atoms with Gasteiger partial charge in [-0.25, -0.2) is 0 Å². The number of nitrogens with zero attached hydrogens (tertiary/aromatic N) is 2. The summed E-state index contributed by atoms with van der Waals surface area (Å²) >= 11 is 0. The molecular formula is C20H27N3O.